The molecule has 0 atom stereocenters. The first kappa shape index (κ1) is 20.4. The number of nitrogens with two attached hydrogens (primary N) is 1. The molecule has 0 bridgehead atoms. The highest BCUT2D eigenvalue weighted by Gasteiger charge is 2.12. The summed E-state index contributed by atoms with van der Waals surface area (Å²) in [6.07, 6.45) is 3.89. The minimum Gasteiger partial charge on any atom is -0.384 e. The van der Waals surface area contributed by atoms with Crippen molar-refractivity contribution in [1.82, 2.24) is 25.3 Å². The highest BCUT2D eigenvalue weighted by molar-refractivity contribution is 5.92. The van der Waals surface area contributed by atoms with Crippen LogP contribution in [0.1, 0.15) is 44.1 Å². The summed E-state index contributed by atoms with van der Waals surface area (Å²) in [6, 6.07) is 11.8. The molecule has 0 aliphatic rings. The van der Waals surface area contributed by atoms with E-state index in [-0.39, 0.29) is 5.91 Å². The summed E-state index contributed by atoms with van der Waals surface area (Å²) in [4.78, 5) is 29.9. The molecule has 0 saturated heterocycles. The molecule has 31 heavy (non-hydrogen) atoms. The van der Waals surface area contributed by atoms with E-state index in [0.717, 1.165) is 44.5 Å². The van der Waals surface area contributed by atoms with Crippen molar-refractivity contribution in [3.05, 3.63) is 88.3 Å². The predicted octanol–water partition coefficient (Wildman–Crippen LogP) is 3.45. The van der Waals surface area contributed by atoms with Gasteiger partial charge in [0.15, 0.2) is 0 Å². The van der Waals surface area contributed by atoms with Gasteiger partial charge in [-0.25, -0.2) is 15.0 Å². The Morgan fingerprint density at radius 3 is 2.68 bits per heavy atom. The largest absolute Gasteiger partial charge is 0.384 e. The maximum atomic E-state index is 12.7. The first-order valence-corrected chi connectivity index (χ1v) is 10.1. The summed E-state index contributed by atoms with van der Waals surface area (Å²) in [5.74, 6) is 0.225. The van der Waals surface area contributed by atoms with E-state index in [1.54, 1.807) is 12.1 Å². The van der Waals surface area contributed by atoms with Crippen molar-refractivity contribution in [2.45, 2.75) is 33.7 Å². The molecular weight excluding hydrogens is 388 g/mol. The third kappa shape index (κ3) is 4.66. The van der Waals surface area contributed by atoms with Gasteiger partial charge in [0.1, 0.15) is 17.8 Å². The Hall–Kier alpha value is -3.87. The molecule has 3 heterocycles. The number of carbonyl (C=O) groups is 1. The first-order chi connectivity index (χ1) is 14.9. The lowest BCUT2D eigenvalue weighted by molar-refractivity contribution is 0.0945. The van der Waals surface area contributed by atoms with Crippen LogP contribution in [-0.4, -0.2) is 25.8 Å². The van der Waals surface area contributed by atoms with Gasteiger partial charge in [-0.15, -0.1) is 0 Å². The quantitative estimate of drug-likeness (QED) is 0.520. The van der Waals surface area contributed by atoms with Crippen molar-refractivity contribution in [1.29, 1.82) is 0 Å². The van der Waals surface area contributed by atoms with Gasteiger partial charge in [0, 0.05) is 35.9 Å². The van der Waals surface area contributed by atoms with Crippen LogP contribution in [0.2, 0.25) is 0 Å². The predicted molar refractivity (Wildman–Crippen MR) is 121 cm³/mol. The van der Waals surface area contributed by atoms with E-state index in [2.05, 4.69) is 37.4 Å². The van der Waals surface area contributed by atoms with Crippen LogP contribution in [0.5, 0.6) is 0 Å². The lowest BCUT2D eigenvalue weighted by Crippen LogP contribution is -2.25. The lowest BCUT2D eigenvalue weighted by atomic mass is 10.1. The number of amides is 1. The van der Waals surface area contributed by atoms with Crippen molar-refractivity contribution in [2.75, 3.05) is 5.73 Å². The first-order valence-electron chi connectivity index (χ1n) is 10.1. The van der Waals surface area contributed by atoms with Crippen LogP contribution in [0.25, 0.3) is 10.9 Å². The Balaban J connectivity index is 1.48. The maximum absolute atomic E-state index is 12.7. The summed E-state index contributed by atoms with van der Waals surface area (Å²) >= 11 is 0. The van der Waals surface area contributed by atoms with Gasteiger partial charge in [0.25, 0.3) is 5.91 Å². The molecular formula is C24H24N6O. The number of hydrogen-bond acceptors (Lipinski definition) is 6. The monoisotopic (exact) mass is 412 g/mol. The molecule has 0 aliphatic carbocycles. The summed E-state index contributed by atoms with van der Waals surface area (Å²) < 4.78 is 0. The number of nitrogens with zero attached hydrogens (tertiary/aromatic N) is 4. The van der Waals surface area contributed by atoms with Crippen LogP contribution in [-0.2, 0) is 13.0 Å². The van der Waals surface area contributed by atoms with Crippen molar-refractivity contribution in [2.24, 2.45) is 0 Å². The number of rotatable bonds is 5. The number of aryl methyl sites for hydroxylation is 3. The fourth-order valence-electron chi connectivity index (χ4n) is 3.64. The van der Waals surface area contributed by atoms with Crippen molar-refractivity contribution < 1.29 is 4.79 Å². The molecule has 0 fully saturated rings. The number of hydrogen-bond donors (Lipinski definition) is 2. The molecule has 0 unspecified atom stereocenters. The molecule has 0 aliphatic heterocycles. The van der Waals surface area contributed by atoms with E-state index in [1.807, 2.05) is 39.1 Å². The maximum Gasteiger partial charge on any atom is 0.270 e. The van der Waals surface area contributed by atoms with Gasteiger partial charge >= 0.3 is 0 Å². The fourth-order valence-corrected chi connectivity index (χ4v) is 3.64. The van der Waals surface area contributed by atoms with Crippen LogP contribution in [0.15, 0.2) is 48.9 Å². The smallest absolute Gasteiger partial charge is 0.270 e. The van der Waals surface area contributed by atoms with Crippen LogP contribution in [0.3, 0.4) is 0 Å². The summed E-state index contributed by atoms with van der Waals surface area (Å²) in [5.41, 5.74) is 12.8. The summed E-state index contributed by atoms with van der Waals surface area (Å²) in [6.45, 7) is 6.22. The average Bonchev–Trinajstić information content (AvgIpc) is 2.72. The second kappa shape index (κ2) is 8.47. The zero-order valence-electron chi connectivity index (χ0n) is 17.8. The fraction of sp³-hybridized carbons (Fsp3) is 0.208. The molecule has 3 N–H and O–H groups in total. The molecule has 1 amide bonds. The standard InChI is InChI=1S/C24H24N6O/c1-14-6-18-8-17(4-5-21(18)26-11-14)9-19-10-22(29-13-28-19)24(31)27-12-20-15(2)7-23(25)30-16(20)3/h4-8,10-11,13H,9,12H2,1-3H3,(H2,25,30)(H,27,31). The summed E-state index contributed by atoms with van der Waals surface area (Å²) in [5, 5.41) is 4.01. The zero-order valence-corrected chi connectivity index (χ0v) is 17.8. The number of aromatic nitrogens is 4. The van der Waals surface area contributed by atoms with Crippen LogP contribution in [0.4, 0.5) is 5.82 Å². The molecule has 156 valence electrons. The molecule has 4 aromatic rings. The van der Waals surface area contributed by atoms with Crippen molar-refractivity contribution >= 4 is 22.6 Å². The molecule has 0 radical (unpaired) electrons. The SMILES string of the molecule is Cc1cnc2ccc(Cc3cc(C(=O)NCc4c(C)cc(N)nc4C)ncn3)cc2c1. The van der Waals surface area contributed by atoms with Gasteiger partial charge in [-0.3, -0.25) is 9.78 Å². The second-order valence-corrected chi connectivity index (χ2v) is 7.72. The number of anilines is 1. The number of pyridine rings is 2. The number of nitrogen functional groups attached to an aromatic ring is 1. The minimum absolute atomic E-state index is 0.252. The van der Waals surface area contributed by atoms with E-state index >= 15 is 0 Å². The van der Waals surface area contributed by atoms with Crippen LogP contribution >= 0.6 is 0 Å². The van der Waals surface area contributed by atoms with Gasteiger partial charge < -0.3 is 11.1 Å². The van der Waals surface area contributed by atoms with Gasteiger partial charge in [-0.1, -0.05) is 6.07 Å². The molecule has 4 rings (SSSR count). The average molecular weight is 412 g/mol. The topological polar surface area (TPSA) is 107 Å². The molecule has 3 aromatic heterocycles. The molecule has 7 heteroatoms. The Morgan fingerprint density at radius 2 is 1.87 bits per heavy atom. The van der Waals surface area contributed by atoms with Gasteiger partial charge in [-0.2, -0.15) is 0 Å². The second-order valence-electron chi connectivity index (χ2n) is 7.72. The highest BCUT2D eigenvalue weighted by Crippen LogP contribution is 2.18. The number of nitrogens with one attached hydrogen (secondary N) is 1. The number of benzene rings is 1. The highest BCUT2D eigenvalue weighted by atomic mass is 16.1. The van der Waals surface area contributed by atoms with Crippen molar-refractivity contribution in [3.63, 3.8) is 0 Å². The Labute approximate surface area is 180 Å². The molecule has 0 spiro atoms. The van der Waals surface area contributed by atoms with E-state index < -0.39 is 0 Å². The molecule has 0 saturated carbocycles. The van der Waals surface area contributed by atoms with E-state index in [0.29, 0.717) is 24.5 Å². The number of fused-ring (bicyclic) bond motifs is 1. The van der Waals surface area contributed by atoms with Gasteiger partial charge in [0.2, 0.25) is 0 Å². The van der Waals surface area contributed by atoms with E-state index in [1.165, 1.54) is 6.33 Å². The normalized spacial score (nSPS) is 10.9. The Kier molecular flexibility index (Phi) is 5.58. The van der Waals surface area contributed by atoms with E-state index in [9.17, 15) is 4.79 Å². The third-order valence-corrected chi connectivity index (χ3v) is 5.22. The zero-order chi connectivity index (χ0) is 22.0. The van der Waals surface area contributed by atoms with Crippen molar-refractivity contribution in [3.8, 4) is 0 Å². The van der Waals surface area contributed by atoms with Crippen LogP contribution < -0.4 is 11.1 Å². The molecule has 1 aromatic carbocycles. The number of carbonyl (C=O) groups excluding carboxylic acids is 1. The Bertz CT molecular complexity index is 1260. The van der Waals surface area contributed by atoms with Gasteiger partial charge in [-0.05, 0) is 73.4 Å². The van der Waals surface area contributed by atoms with E-state index in [4.69, 9.17) is 5.73 Å². The minimum atomic E-state index is -0.252. The van der Waals surface area contributed by atoms with Crippen LogP contribution in [0, 0.1) is 20.8 Å². The Morgan fingerprint density at radius 1 is 1.03 bits per heavy atom. The lowest BCUT2D eigenvalue weighted by Gasteiger charge is -2.11. The third-order valence-electron chi connectivity index (χ3n) is 5.22. The molecule has 7 nitrogen and oxygen atoms in total. The summed E-state index contributed by atoms with van der Waals surface area (Å²) in [7, 11) is 0. The van der Waals surface area contributed by atoms with Gasteiger partial charge in [0.05, 0.1) is 5.52 Å².